The number of amides is 2. The number of likely N-dealkylation sites (N-methyl/N-ethyl adjacent to an activating group) is 1. The van der Waals surface area contributed by atoms with Crippen LogP contribution in [0.2, 0.25) is 5.02 Å². The fourth-order valence-corrected chi connectivity index (χ4v) is 4.31. The van der Waals surface area contributed by atoms with Gasteiger partial charge in [-0.15, -0.1) is 0 Å². The third kappa shape index (κ3) is 3.82. The van der Waals surface area contributed by atoms with Crippen LogP contribution in [0.1, 0.15) is 31.9 Å². The maximum atomic E-state index is 12.7. The maximum absolute atomic E-state index is 12.7. The van der Waals surface area contributed by atoms with Crippen LogP contribution in [-0.4, -0.2) is 47.4 Å². The number of fused-ring (bicyclic) bond motifs is 1. The van der Waals surface area contributed by atoms with Crippen molar-refractivity contribution in [3.05, 3.63) is 57.2 Å². The molecule has 6 nitrogen and oxygen atoms in total. The zero-order chi connectivity index (χ0) is 20.4. The quantitative estimate of drug-likeness (QED) is 0.794. The highest BCUT2D eigenvalue weighted by molar-refractivity contribution is 8.16. The first kappa shape index (κ1) is 20.5. The Morgan fingerprint density at radius 1 is 1.32 bits per heavy atom. The molecule has 0 spiro atoms. The van der Waals surface area contributed by atoms with Crippen molar-refractivity contribution in [1.29, 1.82) is 0 Å². The van der Waals surface area contributed by atoms with Crippen molar-refractivity contribution in [1.82, 2.24) is 15.1 Å². The molecule has 2 aliphatic heterocycles. The second kappa shape index (κ2) is 8.41. The van der Waals surface area contributed by atoms with Crippen LogP contribution < -0.4 is 5.32 Å². The van der Waals surface area contributed by atoms with Gasteiger partial charge in [-0.05, 0) is 37.0 Å². The highest BCUT2D eigenvalue weighted by Gasteiger charge is 2.40. The summed E-state index contributed by atoms with van der Waals surface area (Å²) in [5, 5.41) is 6.06. The molecule has 28 heavy (non-hydrogen) atoms. The maximum Gasteiger partial charge on any atom is 0.251 e. The fourth-order valence-electron chi connectivity index (χ4n) is 3.22. The summed E-state index contributed by atoms with van der Waals surface area (Å²) in [6.45, 7) is 4.42. The third-order valence-electron chi connectivity index (χ3n) is 4.89. The molecule has 0 saturated heterocycles. The van der Waals surface area contributed by atoms with E-state index < -0.39 is 0 Å². The van der Waals surface area contributed by atoms with Gasteiger partial charge in [0.15, 0.2) is 5.17 Å². The number of halogens is 1. The van der Waals surface area contributed by atoms with Crippen LogP contribution >= 0.6 is 23.4 Å². The minimum Gasteiger partial charge on any atom is -0.355 e. The second-order valence-electron chi connectivity index (χ2n) is 6.61. The van der Waals surface area contributed by atoms with Gasteiger partial charge in [0.25, 0.3) is 5.91 Å². The predicted octanol–water partition coefficient (Wildman–Crippen LogP) is 3.53. The van der Waals surface area contributed by atoms with Crippen molar-refractivity contribution in [2.75, 3.05) is 20.6 Å². The van der Waals surface area contributed by atoms with E-state index in [1.165, 1.54) is 11.8 Å². The summed E-state index contributed by atoms with van der Waals surface area (Å²) >= 11 is 7.54. The number of benzene rings is 1. The Kier molecular flexibility index (Phi) is 6.15. The lowest BCUT2D eigenvalue weighted by Gasteiger charge is -2.36. The molecule has 148 valence electrons. The Hall–Kier alpha value is -2.25. The molecule has 0 bridgehead atoms. The highest BCUT2D eigenvalue weighted by atomic mass is 35.5. The van der Waals surface area contributed by atoms with E-state index in [4.69, 9.17) is 11.6 Å². The van der Waals surface area contributed by atoms with E-state index in [-0.39, 0.29) is 24.3 Å². The van der Waals surface area contributed by atoms with Gasteiger partial charge < -0.3 is 15.1 Å². The Balaban J connectivity index is 2.05. The van der Waals surface area contributed by atoms with Crippen LogP contribution in [0.15, 0.2) is 51.6 Å². The van der Waals surface area contributed by atoms with Gasteiger partial charge in [0.1, 0.15) is 0 Å². The van der Waals surface area contributed by atoms with E-state index in [2.05, 4.69) is 10.3 Å². The lowest BCUT2D eigenvalue weighted by molar-refractivity contribution is -0.129. The second-order valence-corrected chi connectivity index (χ2v) is 7.88. The lowest BCUT2D eigenvalue weighted by Crippen LogP contribution is -2.39. The summed E-state index contributed by atoms with van der Waals surface area (Å²) in [5.74, 6) is -0.160. The molecule has 0 aliphatic carbocycles. The summed E-state index contributed by atoms with van der Waals surface area (Å²) in [4.78, 5) is 33.5. The number of aliphatic imine (C=N–C) groups is 1. The van der Waals surface area contributed by atoms with Gasteiger partial charge in [-0.1, -0.05) is 35.5 Å². The standard InChI is InChI=1S/C20H23ClN4O2S/c1-5-24(4)16(26)10-15-11-28-20-23-12(2)17(19(27)22-3)18(25(15)20)13-6-8-14(21)9-7-13/h6-9,11,18H,5,10H2,1-4H3,(H,22,27). The van der Waals surface area contributed by atoms with E-state index in [1.54, 1.807) is 19.0 Å². The van der Waals surface area contributed by atoms with Crippen molar-refractivity contribution in [3.63, 3.8) is 0 Å². The smallest absolute Gasteiger partial charge is 0.251 e. The summed E-state index contributed by atoms with van der Waals surface area (Å²) in [6.07, 6.45) is 0.251. The Labute approximate surface area is 174 Å². The number of rotatable bonds is 5. The normalized spacial score (nSPS) is 18.5. The predicted molar refractivity (Wildman–Crippen MR) is 114 cm³/mol. The van der Waals surface area contributed by atoms with Crippen LogP contribution in [0.3, 0.4) is 0 Å². The van der Waals surface area contributed by atoms with Gasteiger partial charge in [0.05, 0.1) is 23.7 Å². The van der Waals surface area contributed by atoms with E-state index in [0.29, 0.717) is 22.8 Å². The number of hydrogen-bond donors (Lipinski definition) is 1. The minimum absolute atomic E-state index is 0.0261. The molecule has 2 heterocycles. The fraction of sp³-hybridized carbons (Fsp3) is 0.350. The summed E-state index contributed by atoms with van der Waals surface area (Å²) in [5.41, 5.74) is 2.99. The zero-order valence-corrected chi connectivity index (χ0v) is 17.9. The minimum atomic E-state index is -0.370. The lowest BCUT2D eigenvalue weighted by atomic mass is 9.93. The third-order valence-corrected chi connectivity index (χ3v) is 6.03. The SMILES string of the molecule is CCN(C)C(=O)CC1=CSC2=NC(C)=C(C(=O)NC)C(c3ccc(Cl)cc3)N12. The van der Waals surface area contributed by atoms with Gasteiger partial charge in [0, 0.05) is 31.4 Å². The first-order valence-corrected chi connectivity index (χ1v) is 10.3. The van der Waals surface area contributed by atoms with Crippen molar-refractivity contribution in [2.45, 2.75) is 26.3 Å². The van der Waals surface area contributed by atoms with Gasteiger partial charge >= 0.3 is 0 Å². The number of nitrogens with zero attached hydrogens (tertiary/aromatic N) is 3. The van der Waals surface area contributed by atoms with E-state index in [1.807, 2.05) is 48.4 Å². The number of amidine groups is 1. The largest absolute Gasteiger partial charge is 0.355 e. The summed E-state index contributed by atoms with van der Waals surface area (Å²) in [7, 11) is 3.39. The molecule has 0 saturated carbocycles. The molecule has 1 aromatic carbocycles. The molecule has 1 aromatic rings. The van der Waals surface area contributed by atoms with Crippen molar-refractivity contribution < 1.29 is 9.59 Å². The topological polar surface area (TPSA) is 65.0 Å². The van der Waals surface area contributed by atoms with Gasteiger partial charge in [-0.25, -0.2) is 4.99 Å². The Morgan fingerprint density at radius 2 is 2.00 bits per heavy atom. The average Bonchev–Trinajstić information content (AvgIpc) is 3.08. The highest BCUT2D eigenvalue weighted by Crippen LogP contribution is 2.44. The molecule has 3 rings (SSSR count). The van der Waals surface area contributed by atoms with Gasteiger partial charge in [-0.2, -0.15) is 0 Å². The number of hydrogen-bond acceptors (Lipinski definition) is 5. The molecule has 0 aromatic heterocycles. The van der Waals surface area contributed by atoms with Crippen LogP contribution in [0.5, 0.6) is 0 Å². The zero-order valence-electron chi connectivity index (χ0n) is 16.3. The summed E-state index contributed by atoms with van der Waals surface area (Å²) in [6, 6.07) is 7.06. The van der Waals surface area contributed by atoms with E-state index >= 15 is 0 Å². The van der Waals surface area contributed by atoms with Crippen molar-refractivity contribution >= 4 is 40.3 Å². The van der Waals surface area contributed by atoms with E-state index in [9.17, 15) is 9.59 Å². The molecule has 0 radical (unpaired) electrons. The molecule has 2 aliphatic rings. The molecular formula is C20H23ClN4O2S. The molecule has 2 amide bonds. The monoisotopic (exact) mass is 418 g/mol. The Morgan fingerprint density at radius 3 is 2.61 bits per heavy atom. The van der Waals surface area contributed by atoms with Gasteiger partial charge in [0.2, 0.25) is 5.91 Å². The van der Waals surface area contributed by atoms with E-state index in [0.717, 1.165) is 16.4 Å². The number of carbonyl (C=O) groups excluding carboxylic acids is 2. The average molecular weight is 419 g/mol. The number of allylic oxidation sites excluding steroid dienone is 1. The Bertz CT molecular complexity index is 892. The molecule has 0 fully saturated rings. The van der Waals surface area contributed by atoms with Gasteiger partial charge in [-0.3, -0.25) is 9.59 Å². The van der Waals surface area contributed by atoms with Crippen LogP contribution in [0.25, 0.3) is 0 Å². The number of nitrogens with one attached hydrogen (secondary N) is 1. The van der Waals surface area contributed by atoms with Crippen LogP contribution in [0.4, 0.5) is 0 Å². The molecular weight excluding hydrogens is 396 g/mol. The van der Waals surface area contributed by atoms with Crippen LogP contribution in [0, 0.1) is 0 Å². The molecule has 1 atom stereocenters. The summed E-state index contributed by atoms with van der Waals surface area (Å²) < 4.78 is 0. The molecule has 8 heteroatoms. The first-order chi connectivity index (χ1) is 13.4. The molecule has 1 unspecified atom stereocenters. The molecule has 1 N–H and O–H groups in total. The van der Waals surface area contributed by atoms with Crippen molar-refractivity contribution in [3.8, 4) is 0 Å². The van der Waals surface area contributed by atoms with Crippen LogP contribution in [-0.2, 0) is 9.59 Å². The first-order valence-electron chi connectivity index (χ1n) is 9.03. The number of carbonyl (C=O) groups is 2. The number of thioether (sulfide) groups is 1. The van der Waals surface area contributed by atoms with Crippen molar-refractivity contribution in [2.24, 2.45) is 4.99 Å².